The number of thiophene rings is 1. The largest absolute Gasteiger partial charge is 0.370 e. The highest BCUT2D eigenvalue weighted by Gasteiger charge is 2.05. The summed E-state index contributed by atoms with van der Waals surface area (Å²) < 4.78 is 0. The molecular formula is C19H30IN5S. The lowest BCUT2D eigenvalue weighted by molar-refractivity contribution is 0.561. The predicted molar refractivity (Wildman–Crippen MR) is 124 cm³/mol. The van der Waals surface area contributed by atoms with Gasteiger partial charge in [-0.25, -0.2) is 4.98 Å². The molecule has 0 saturated heterocycles. The quantitative estimate of drug-likeness (QED) is 0.205. The van der Waals surface area contributed by atoms with Crippen molar-refractivity contribution in [2.24, 2.45) is 10.9 Å². The van der Waals surface area contributed by atoms with Crippen molar-refractivity contribution < 1.29 is 0 Å². The van der Waals surface area contributed by atoms with Crippen LogP contribution in [0.5, 0.6) is 0 Å². The number of hydrogen-bond acceptors (Lipinski definition) is 4. The molecule has 2 rings (SSSR count). The maximum atomic E-state index is 4.29. The Morgan fingerprint density at radius 1 is 1.15 bits per heavy atom. The molecule has 0 saturated carbocycles. The van der Waals surface area contributed by atoms with Gasteiger partial charge in [0.05, 0.1) is 0 Å². The van der Waals surface area contributed by atoms with E-state index in [-0.39, 0.29) is 24.0 Å². The molecule has 0 aliphatic heterocycles. The van der Waals surface area contributed by atoms with Crippen LogP contribution < -0.4 is 16.0 Å². The minimum Gasteiger partial charge on any atom is -0.370 e. The number of unbranched alkanes of at least 4 members (excludes halogenated alkanes) is 1. The predicted octanol–water partition coefficient (Wildman–Crippen LogP) is 4.00. The molecular weight excluding hydrogens is 457 g/mol. The monoisotopic (exact) mass is 487 g/mol. The number of aromatic nitrogens is 1. The van der Waals surface area contributed by atoms with Crippen LogP contribution in [0.2, 0.25) is 0 Å². The maximum absolute atomic E-state index is 4.29. The summed E-state index contributed by atoms with van der Waals surface area (Å²) in [5.41, 5.74) is 0. The number of nitrogens with one attached hydrogen (secondary N) is 3. The smallest absolute Gasteiger partial charge is 0.190 e. The van der Waals surface area contributed by atoms with Gasteiger partial charge in [0, 0.05) is 37.8 Å². The van der Waals surface area contributed by atoms with Gasteiger partial charge in [0.1, 0.15) is 5.82 Å². The average molecular weight is 487 g/mol. The van der Waals surface area contributed by atoms with E-state index in [2.05, 4.69) is 50.4 Å². The molecule has 0 aliphatic carbocycles. The fourth-order valence-electron chi connectivity index (χ4n) is 2.48. The van der Waals surface area contributed by atoms with Crippen molar-refractivity contribution in [1.82, 2.24) is 15.6 Å². The molecule has 0 bridgehead atoms. The highest BCUT2D eigenvalue weighted by molar-refractivity contribution is 14.0. The van der Waals surface area contributed by atoms with Crippen molar-refractivity contribution in [3.8, 4) is 0 Å². The number of guanidine groups is 1. The third kappa shape index (κ3) is 9.38. The van der Waals surface area contributed by atoms with Crippen LogP contribution in [0.1, 0.15) is 24.6 Å². The third-order valence-corrected chi connectivity index (χ3v) is 4.74. The molecule has 26 heavy (non-hydrogen) atoms. The van der Waals surface area contributed by atoms with Crippen molar-refractivity contribution in [2.45, 2.75) is 26.2 Å². The van der Waals surface area contributed by atoms with Crippen molar-refractivity contribution in [3.63, 3.8) is 0 Å². The molecule has 1 atom stereocenters. The van der Waals surface area contributed by atoms with E-state index in [1.807, 2.05) is 36.6 Å². The van der Waals surface area contributed by atoms with Gasteiger partial charge < -0.3 is 16.0 Å². The molecule has 2 aromatic heterocycles. The summed E-state index contributed by atoms with van der Waals surface area (Å²) >= 11 is 1.83. The van der Waals surface area contributed by atoms with Crippen LogP contribution in [0.25, 0.3) is 0 Å². The van der Waals surface area contributed by atoms with E-state index in [4.69, 9.17) is 0 Å². The lowest BCUT2D eigenvalue weighted by Gasteiger charge is -2.15. The summed E-state index contributed by atoms with van der Waals surface area (Å²) in [6.07, 6.45) is 5.10. The average Bonchev–Trinajstić information content (AvgIpc) is 3.14. The van der Waals surface area contributed by atoms with Crippen molar-refractivity contribution >= 4 is 47.1 Å². The summed E-state index contributed by atoms with van der Waals surface area (Å²) in [5.74, 6) is 2.41. The van der Waals surface area contributed by atoms with Gasteiger partial charge in [-0.05, 0) is 48.8 Å². The van der Waals surface area contributed by atoms with E-state index in [1.165, 1.54) is 4.88 Å². The first-order chi connectivity index (χ1) is 12.3. The summed E-state index contributed by atoms with van der Waals surface area (Å²) in [6.45, 7) is 5.05. The summed E-state index contributed by atoms with van der Waals surface area (Å²) in [4.78, 5) is 9.99. The molecule has 0 aromatic carbocycles. The molecule has 0 radical (unpaired) electrons. The Hall–Kier alpha value is -1.35. The van der Waals surface area contributed by atoms with Crippen molar-refractivity contribution in [3.05, 3.63) is 46.8 Å². The highest BCUT2D eigenvalue weighted by atomic mass is 127. The first-order valence-corrected chi connectivity index (χ1v) is 9.77. The lowest BCUT2D eigenvalue weighted by Crippen LogP contribution is -2.40. The molecule has 2 heterocycles. The van der Waals surface area contributed by atoms with E-state index >= 15 is 0 Å². The molecule has 7 heteroatoms. The number of aliphatic imine (C=N–C) groups is 1. The zero-order chi connectivity index (χ0) is 17.7. The van der Waals surface area contributed by atoms with Crippen LogP contribution in [-0.2, 0) is 6.42 Å². The normalized spacial score (nSPS) is 12.2. The van der Waals surface area contributed by atoms with Crippen LogP contribution in [-0.4, -0.2) is 37.6 Å². The van der Waals surface area contributed by atoms with Gasteiger partial charge in [0.2, 0.25) is 0 Å². The Morgan fingerprint density at radius 2 is 2.00 bits per heavy atom. The molecule has 144 valence electrons. The zero-order valence-electron chi connectivity index (χ0n) is 15.6. The SMILES string of the molecule is CN=C(NCCCCNc1ccccn1)NCC(C)Cc1cccs1.I. The number of halogens is 1. The van der Waals surface area contributed by atoms with Gasteiger partial charge in [-0.3, -0.25) is 4.99 Å². The molecule has 0 fully saturated rings. The van der Waals surface area contributed by atoms with E-state index in [0.29, 0.717) is 5.92 Å². The number of pyridine rings is 1. The van der Waals surface area contributed by atoms with Gasteiger partial charge in [0.15, 0.2) is 5.96 Å². The van der Waals surface area contributed by atoms with Gasteiger partial charge in [-0.2, -0.15) is 0 Å². The Kier molecular flexibility index (Phi) is 12.0. The molecule has 5 nitrogen and oxygen atoms in total. The van der Waals surface area contributed by atoms with Crippen LogP contribution in [0, 0.1) is 5.92 Å². The van der Waals surface area contributed by atoms with E-state index < -0.39 is 0 Å². The van der Waals surface area contributed by atoms with Gasteiger partial charge in [-0.1, -0.05) is 19.1 Å². The Labute approximate surface area is 178 Å². The van der Waals surface area contributed by atoms with Crippen LogP contribution >= 0.6 is 35.3 Å². The molecule has 0 aliphatic rings. The van der Waals surface area contributed by atoms with E-state index in [1.54, 1.807) is 6.20 Å². The fraction of sp³-hybridized carbons (Fsp3) is 0.474. The standard InChI is InChI=1S/C19H29N5S.HI/c1-16(14-17-8-7-13-25-17)15-24-19(20-2)23-12-6-5-11-22-18-9-3-4-10-21-18;/h3-4,7-10,13,16H,5-6,11-12,14-15H2,1-2H3,(H,21,22)(H2,20,23,24);1H. The van der Waals surface area contributed by atoms with Crippen LogP contribution in [0.3, 0.4) is 0 Å². The Balaban J connectivity index is 0.00000338. The van der Waals surface area contributed by atoms with Crippen LogP contribution in [0.4, 0.5) is 5.82 Å². The molecule has 0 spiro atoms. The first-order valence-electron chi connectivity index (χ1n) is 8.89. The molecule has 3 N–H and O–H groups in total. The van der Waals surface area contributed by atoms with E-state index in [0.717, 1.165) is 50.7 Å². The molecule has 0 amide bonds. The fourth-order valence-corrected chi connectivity index (χ4v) is 3.35. The second-order valence-electron chi connectivity index (χ2n) is 6.12. The van der Waals surface area contributed by atoms with Gasteiger partial charge >= 0.3 is 0 Å². The van der Waals surface area contributed by atoms with Crippen molar-refractivity contribution in [1.29, 1.82) is 0 Å². The summed E-state index contributed by atoms with van der Waals surface area (Å²) in [7, 11) is 1.82. The number of hydrogen-bond donors (Lipinski definition) is 3. The summed E-state index contributed by atoms with van der Waals surface area (Å²) in [6, 6.07) is 10.2. The number of rotatable bonds is 10. The third-order valence-electron chi connectivity index (χ3n) is 3.84. The zero-order valence-corrected chi connectivity index (χ0v) is 18.7. The Morgan fingerprint density at radius 3 is 2.69 bits per heavy atom. The molecule has 1 unspecified atom stereocenters. The van der Waals surface area contributed by atoms with Gasteiger partial charge in [0.25, 0.3) is 0 Å². The maximum Gasteiger partial charge on any atom is 0.190 e. The van der Waals surface area contributed by atoms with E-state index in [9.17, 15) is 0 Å². The Bertz CT molecular complexity index is 604. The topological polar surface area (TPSA) is 61.3 Å². The lowest BCUT2D eigenvalue weighted by atomic mass is 10.1. The number of nitrogens with zero attached hydrogens (tertiary/aromatic N) is 2. The number of anilines is 1. The first kappa shape index (κ1) is 22.7. The van der Waals surface area contributed by atoms with Gasteiger partial charge in [-0.15, -0.1) is 35.3 Å². The van der Waals surface area contributed by atoms with Crippen LogP contribution in [0.15, 0.2) is 46.9 Å². The highest BCUT2D eigenvalue weighted by Crippen LogP contribution is 2.13. The minimum absolute atomic E-state index is 0. The molecule has 2 aromatic rings. The minimum atomic E-state index is 0. The van der Waals surface area contributed by atoms with Crippen molar-refractivity contribution in [2.75, 3.05) is 32.0 Å². The summed E-state index contributed by atoms with van der Waals surface area (Å²) in [5, 5.41) is 12.3. The second kappa shape index (κ2) is 13.8. The second-order valence-corrected chi connectivity index (χ2v) is 7.15.